The maximum Gasteiger partial charge on any atom is 0.271 e. The van der Waals surface area contributed by atoms with E-state index in [0.717, 1.165) is 19.5 Å². The molecule has 112 valence electrons. The summed E-state index contributed by atoms with van der Waals surface area (Å²) in [6, 6.07) is 4.29. The number of hydrogen-bond acceptors (Lipinski definition) is 4. The number of non-ortho nitro benzene ring substituents is 1. The lowest BCUT2D eigenvalue weighted by atomic mass is 9.95. The SMILES string of the molecule is Cl.O=[N+]([O-])c1ccc(OCCC2CCNCC2)c(Cl)c1. The summed E-state index contributed by atoms with van der Waals surface area (Å²) < 4.78 is 5.60. The highest BCUT2D eigenvalue weighted by Gasteiger charge is 2.14. The van der Waals surface area contributed by atoms with Crippen molar-refractivity contribution in [3.63, 3.8) is 0 Å². The molecule has 0 amide bonds. The fourth-order valence-electron chi connectivity index (χ4n) is 2.23. The minimum Gasteiger partial charge on any atom is -0.492 e. The molecule has 1 heterocycles. The van der Waals surface area contributed by atoms with Crippen LogP contribution in [0.25, 0.3) is 0 Å². The van der Waals surface area contributed by atoms with E-state index >= 15 is 0 Å². The highest BCUT2D eigenvalue weighted by atomic mass is 35.5. The van der Waals surface area contributed by atoms with Crippen molar-refractivity contribution < 1.29 is 9.66 Å². The van der Waals surface area contributed by atoms with Crippen LogP contribution < -0.4 is 10.1 Å². The predicted octanol–water partition coefficient (Wildman–Crippen LogP) is 3.44. The van der Waals surface area contributed by atoms with Crippen LogP contribution in [0, 0.1) is 16.0 Å². The molecule has 0 bridgehead atoms. The summed E-state index contributed by atoms with van der Waals surface area (Å²) in [4.78, 5) is 10.1. The van der Waals surface area contributed by atoms with Crippen LogP contribution >= 0.6 is 24.0 Å². The number of hydrogen-bond donors (Lipinski definition) is 1. The van der Waals surface area contributed by atoms with Crippen LogP contribution in [0.3, 0.4) is 0 Å². The molecule has 5 nitrogen and oxygen atoms in total. The van der Waals surface area contributed by atoms with Gasteiger partial charge in [0.05, 0.1) is 16.6 Å². The number of nitrogens with one attached hydrogen (secondary N) is 1. The van der Waals surface area contributed by atoms with Crippen LogP contribution in [0.4, 0.5) is 5.69 Å². The molecule has 0 aliphatic carbocycles. The van der Waals surface area contributed by atoms with Gasteiger partial charge in [0.15, 0.2) is 0 Å². The fourth-order valence-corrected chi connectivity index (χ4v) is 2.46. The Morgan fingerprint density at radius 2 is 2.10 bits per heavy atom. The van der Waals surface area contributed by atoms with Gasteiger partial charge in [-0.3, -0.25) is 10.1 Å². The zero-order valence-corrected chi connectivity index (χ0v) is 12.6. The molecule has 0 aromatic heterocycles. The van der Waals surface area contributed by atoms with Gasteiger partial charge in [-0.2, -0.15) is 0 Å². The molecule has 1 aromatic carbocycles. The van der Waals surface area contributed by atoms with Gasteiger partial charge in [-0.05, 0) is 44.3 Å². The van der Waals surface area contributed by atoms with Gasteiger partial charge >= 0.3 is 0 Å². The van der Waals surface area contributed by atoms with Crippen molar-refractivity contribution in [1.82, 2.24) is 5.32 Å². The molecule has 0 atom stereocenters. The maximum atomic E-state index is 10.6. The number of nitrogens with zero attached hydrogens (tertiary/aromatic N) is 1. The van der Waals surface area contributed by atoms with E-state index in [9.17, 15) is 10.1 Å². The van der Waals surface area contributed by atoms with E-state index in [-0.39, 0.29) is 18.1 Å². The average Bonchev–Trinajstić information content (AvgIpc) is 2.41. The smallest absolute Gasteiger partial charge is 0.271 e. The number of ether oxygens (including phenoxy) is 1. The molecular weight excluding hydrogens is 303 g/mol. The van der Waals surface area contributed by atoms with E-state index in [1.807, 2.05) is 0 Å². The lowest BCUT2D eigenvalue weighted by molar-refractivity contribution is -0.384. The van der Waals surface area contributed by atoms with Crippen molar-refractivity contribution >= 4 is 29.7 Å². The maximum absolute atomic E-state index is 10.6. The zero-order valence-electron chi connectivity index (χ0n) is 11.0. The first-order chi connectivity index (χ1) is 9.16. The first-order valence-corrected chi connectivity index (χ1v) is 6.82. The van der Waals surface area contributed by atoms with Gasteiger partial charge in [-0.15, -0.1) is 12.4 Å². The Bertz CT molecular complexity index is 451. The van der Waals surface area contributed by atoms with E-state index in [2.05, 4.69) is 5.32 Å². The fraction of sp³-hybridized carbons (Fsp3) is 0.538. The summed E-state index contributed by atoms with van der Waals surface area (Å²) in [6.45, 7) is 2.74. The van der Waals surface area contributed by atoms with Crippen molar-refractivity contribution in [1.29, 1.82) is 0 Å². The summed E-state index contributed by atoms with van der Waals surface area (Å²) in [5.41, 5.74) is -0.0179. The summed E-state index contributed by atoms with van der Waals surface area (Å²) in [6.07, 6.45) is 3.35. The summed E-state index contributed by atoms with van der Waals surface area (Å²) in [5.74, 6) is 1.21. The highest BCUT2D eigenvalue weighted by Crippen LogP contribution is 2.29. The summed E-state index contributed by atoms with van der Waals surface area (Å²) in [7, 11) is 0. The number of benzene rings is 1. The lowest BCUT2D eigenvalue weighted by Gasteiger charge is -2.22. The minimum atomic E-state index is -0.468. The van der Waals surface area contributed by atoms with Gasteiger partial charge in [0.25, 0.3) is 5.69 Å². The standard InChI is InChI=1S/C13H17ClN2O3.ClH/c14-12-9-11(16(17)18)1-2-13(12)19-8-5-10-3-6-15-7-4-10;/h1-2,9-10,15H,3-8H2;1H. The van der Waals surface area contributed by atoms with Crippen LogP contribution in [0.2, 0.25) is 5.02 Å². The van der Waals surface area contributed by atoms with Crippen LogP contribution in [-0.2, 0) is 0 Å². The molecule has 20 heavy (non-hydrogen) atoms. The van der Waals surface area contributed by atoms with Gasteiger partial charge in [-0.1, -0.05) is 11.6 Å². The van der Waals surface area contributed by atoms with Crippen molar-refractivity contribution in [2.75, 3.05) is 19.7 Å². The Balaban J connectivity index is 0.00000200. The molecule has 1 aromatic rings. The molecule has 1 aliphatic heterocycles. The van der Waals surface area contributed by atoms with E-state index in [1.165, 1.54) is 25.0 Å². The van der Waals surface area contributed by atoms with E-state index in [0.29, 0.717) is 23.3 Å². The van der Waals surface area contributed by atoms with Crippen LogP contribution in [-0.4, -0.2) is 24.6 Å². The summed E-state index contributed by atoms with van der Waals surface area (Å²) >= 11 is 5.96. The molecular formula is C13H18Cl2N2O3. The molecule has 1 N–H and O–H groups in total. The van der Waals surface area contributed by atoms with Crippen molar-refractivity contribution in [3.05, 3.63) is 33.3 Å². The van der Waals surface area contributed by atoms with Crippen LogP contribution in [0.1, 0.15) is 19.3 Å². The second-order valence-corrected chi connectivity index (χ2v) is 5.11. The topological polar surface area (TPSA) is 64.4 Å². The third-order valence-electron chi connectivity index (χ3n) is 3.37. The largest absolute Gasteiger partial charge is 0.492 e. The first-order valence-electron chi connectivity index (χ1n) is 6.44. The second kappa shape index (κ2) is 8.29. The van der Waals surface area contributed by atoms with Crippen molar-refractivity contribution in [2.45, 2.75) is 19.3 Å². The molecule has 0 radical (unpaired) electrons. The number of halogens is 2. The average molecular weight is 321 g/mol. The molecule has 1 saturated heterocycles. The molecule has 0 saturated carbocycles. The Morgan fingerprint density at radius 1 is 1.40 bits per heavy atom. The van der Waals surface area contributed by atoms with Crippen LogP contribution in [0.5, 0.6) is 5.75 Å². The van der Waals surface area contributed by atoms with E-state index in [1.54, 1.807) is 6.07 Å². The normalized spacial score (nSPS) is 15.4. The van der Waals surface area contributed by atoms with Crippen molar-refractivity contribution in [2.24, 2.45) is 5.92 Å². The molecule has 1 fully saturated rings. The molecule has 1 aliphatic rings. The Kier molecular flexibility index (Phi) is 7.05. The molecule has 0 unspecified atom stereocenters. The highest BCUT2D eigenvalue weighted by molar-refractivity contribution is 6.32. The van der Waals surface area contributed by atoms with Gasteiger partial charge in [0.2, 0.25) is 0 Å². The number of piperidine rings is 1. The predicted molar refractivity (Wildman–Crippen MR) is 81.1 cm³/mol. The Labute approximate surface area is 129 Å². The zero-order chi connectivity index (χ0) is 13.7. The first kappa shape index (κ1) is 17.0. The van der Waals surface area contributed by atoms with Gasteiger partial charge < -0.3 is 10.1 Å². The van der Waals surface area contributed by atoms with E-state index in [4.69, 9.17) is 16.3 Å². The van der Waals surface area contributed by atoms with Crippen molar-refractivity contribution in [3.8, 4) is 5.75 Å². The Morgan fingerprint density at radius 3 is 2.70 bits per heavy atom. The quantitative estimate of drug-likeness (QED) is 0.666. The number of rotatable bonds is 5. The third kappa shape index (κ3) is 4.81. The minimum absolute atomic E-state index is 0. The molecule has 0 spiro atoms. The van der Waals surface area contributed by atoms with Gasteiger partial charge in [0, 0.05) is 12.1 Å². The second-order valence-electron chi connectivity index (χ2n) is 4.70. The summed E-state index contributed by atoms with van der Waals surface area (Å²) in [5, 5.41) is 14.2. The van der Waals surface area contributed by atoms with E-state index < -0.39 is 4.92 Å². The van der Waals surface area contributed by atoms with Gasteiger partial charge in [0.1, 0.15) is 5.75 Å². The molecule has 2 rings (SSSR count). The molecule has 7 heteroatoms. The number of nitro groups is 1. The monoisotopic (exact) mass is 320 g/mol. The Hall–Kier alpha value is -1.04. The van der Waals surface area contributed by atoms with Crippen LogP contribution in [0.15, 0.2) is 18.2 Å². The van der Waals surface area contributed by atoms with Gasteiger partial charge in [-0.25, -0.2) is 0 Å². The third-order valence-corrected chi connectivity index (χ3v) is 3.66. The lowest BCUT2D eigenvalue weighted by Crippen LogP contribution is -2.28. The number of nitro benzene ring substituents is 1.